The predicted octanol–water partition coefficient (Wildman–Crippen LogP) is 4.14. The molecular formula is C10H5Cl2F3N2. The molecule has 0 unspecified atom stereocenters. The normalized spacial score (nSPS) is 12.1. The Bertz CT molecular complexity index is 596. The number of nitrogen functional groups attached to an aromatic ring is 1. The summed E-state index contributed by atoms with van der Waals surface area (Å²) in [7, 11) is 0. The Balaban J connectivity index is 2.84. The molecule has 2 aromatic rings. The lowest BCUT2D eigenvalue weighted by Crippen LogP contribution is -2.09. The van der Waals surface area contributed by atoms with Crippen LogP contribution in [0.1, 0.15) is 5.69 Å². The van der Waals surface area contributed by atoms with Crippen LogP contribution in [0.15, 0.2) is 18.2 Å². The molecule has 1 aromatic heterocycles. The first-order chi connectivity index (χ1) is 7.80. The van der Waals surface area contributed by atoms with Gasteiger partial charge in [-0.15, -0.1) is 0 Å². The van der Waals surface area contributed by atoms with Crippen LogP contribution in [-0.2, 0) is 6.18 Å². The van der Waals surface area contributed by atoms with E-state index in [2.05, 4.69) is 4.98 Å². The molecule has 0 fully saturated rings. The lowest BCUT2D eigenvalue weighted by atomic mass is 10.1. The zero-order valence-electron chi connectivity index (χ0n) is 8.15. The van der Waals surface area contributed by atoms with Gasteiger partial charge in [0.15, 0.2) is 0 Å². The fourth-order valence-electron chi connectivity index (χ4n) is 1.41. The number of halogens is 5. The molecule has 0 amide bonds. The van der Waals surface area contributed by atoms with Gasteiger partial charge >= 0.3 is 6.18 Å². The maximum Gasteiger partial charge on any atom is 0.433 e. The molecule has 1 heterocycles. The van der Waals surface area contributed by atoms with Crippen molar-refractivity contribution >= 4 is 39.8 Å². The maximum atomic E-state index is 12.5. The molecule has 0 aliphatic heterocycles. The molecule has 0 saturated heterocycles. The molecule has 0 bridgehead atoms. The second kappa shape index (κ2) is 3.92. The summed E-state index contributed by atoms with van der Waals surface area (Å²) in [6.45, 7) is 0. The van der Waals surface area contributed by atoms with E-state index in [4.69, 9.17) is 28.9 Å². The van der Waals surface area contributed by atoms with E-state index < -0.39 is 11.9 Å². The first-order valence-electron chi connectivity index (χ1n) is 4.42. The average Bonchev–Trinajstić information content (AvgIpc) is 2.22. The first-order valence-corrected chi connectivity index (χ1v) is 5.17. The minimum atomic E-state index is -4.58. The molecule has 7 heteroatoms. The highest BCUT2D eigenvalue weighted by molar-refractivity contribution is 6.45. The maximum absolute atomic E-state index is 12.5. The molecule has 2 rings (SSSR count). The largest absolute Gasteiger partial charge is 0.433 e. The van der Waals surface area contributed by atoms with Gasteiger partial charge in [0.25, 0.3) is 0 Å². The monoisotopic (exact) mass is 280 g/mol. The highest BCUT2D eigenvalue weighted by Crippen LogP contribution is 2.36. The van der Waals surface area contributed by atoms with Crippen LogP contribution in [-0.4, -0.2) is 4.98 Å². The summed E-state index contributed by atoms with van der Waals surface area (Å²) in [5.41, 5.74) is 4.35. The van der Waals surface area contributed by atoms with Gasteiger partial charge in [-0.25, -0.2) is 4.98 Å². The standard InChI is InChI=1S/C10H5Cl2F3N2/c11-5-2-1-4-6(16)3-7(10(13,14)15)17-9(4)8(5)12/h1-3H,(H2,16,17). The lowest BCUT2D eigenvalue weighted by molar-refractivity contribution is -0.140. The molecule has 0 spiro atoms. The van der Waals surface area contributed by atoms with Crippen molar-refractivity contribution in [3.05, 3.63) is 33.9 Å². The second-order valence-corrected chi connectivity index (χ2v) is 4.14. The summed E-state index contributed by atoms with van der Waals surface area (Å²) in [5.74, 6) is 0. The van der Waals surface area contributed by atoms with E-state index in [1.165, 1.54) is 12.1 Å². The number of nitrogens with zero attached hydrogens (tertiary/aromatic N) is 1. The Morgan fingerprint density at radius 1 is 1.18 bits per heavy atom. The van der Waals surface area contributed by atoms with Gasteiger partial charge in [0, 0.05) is 11.1 Å². The van der Waals surface area contributed by atoms with Crippen LogP contribution >= 0.6 is 23.2 Å². The van der Waals surface area contributed by atoms with E-state index in [9.17, 15) is 13.2 Å². The van der Waals surface area contributed by atoms with Crippen molar-refractivity contribution in [1.29, 1.82) is 0 Å². The summed E-state index contributed by atoms with van der Waals surface area (Å²) in [6, 6.07) is 3.70. The van der Waals surface area contributed by atoms with Gasteiger partial charge in [-0.3, -0.25) is 0 Å². The van der Waals surface area contributed by atoms with Crippen LogP contribution in [0.25, 0.3) is 10.9 Å². The Morgan fingerprint density at radius 3 is 2.41 bits per heavy atom. The predicted molar refractivity (Wildman–Crippen MR) is 61.2 cm³/mol. The molecule has 2 nitrogen and oxygen atoms in total. The minimum Gasteiger partial charge on any atom is -0.398 e. The van der Waals surface area contributed by atoms with E-state index in [1.54, 1.807) is 0 Å². The lowest BCUT2D eigenvalue weighted by Gasteiger charge is -2.10. The zero-order valence-corrected chi connectivity index (χ0v) is 9.66. The van der Waals surface area contributed by atoms with Crippen molar-refractivity contribution in [2.75, 3.05) is 5.73 Å². The molecule has 1 aromatic carbocycles. The number of pyridine rings is 1. The number of nitrogens with two attached hydrogens (primary N) is 1. The summed E-state index contributed by atoms with van der Waals surface area (Å²) < 4.78 is 37.6. The summed E-state index contributed by atoms with van der Waals surface area (Å²) in [4.78, 5) is 3.45. The number of hydrogen-bond donors (Lipinski definition) is 1. The van der Waals surface area contributed by atoms with Crippen molar-refractivity contribution in [2.24, 2.45) is 0 Å². The molecule has 17 heavy (non-hydrogen) atoms. The van der Waals surface area contributed by atoms with Crippen molar-refractivity contribution in [3.63, 3.8) is 0 Å². The number of alkyl halides is 3. The summed E-state index contributed by atoms with van der Waals surface area (Å²) >= 11 is 11.5. The Hall–Kier alpha value is -1.20. The smallest absolute Gasteiger partial charge is 0.398 e. The Morgan fingerprint density at radius 2 is 1.82 bits per heavy atom. The molecule has 0 atom stereocenters. The number of fused-ring (bicyclic) bond motifs is 1. The van der Waals surface area contributed by atoms with Crippen LogP contribution in [0, 0.1) is 0 Å². The van der Waals surface area contributed by atoms with Crippen LogP contribution in [0.2, 0.25) is 10.0 Å². The molecule has 2 N–H and O–H groups in total. The highest BCUT2D eigenvalue weighted by Gasteiger charge is 2.33. The fraction of sp³-hybridized carbons (Fsp3) is 0.100. The second-order valence-electron chi connectivity index (χ2n) is 3.35. The molecule has 0 aliphatic rings. The highest BCUT2D eigenvalue weighted by atomic mass is 35.5. The number of anilines is 1. The van der Waals surface area contributed by atoms with E-state index in [0.717, 1.165) is 6.07 Å². The Kier molecular flexibility index (Phi) is 2.83. The number of aromatic nitrogens is 1. The van der Waals surface area contributed by atoms with Crippen LogP contribution < -0.4 is 5.73 Å². The van der Waals surface area contributed by atoms with Crippen molar-refractivity contribution in [1.82, 2.24) is 4.98 Å². The van der Waals surface area contributed by atoms with Crippen molar-refractivity contribution < 1.29 is 13.2 Å². The van der Waals surface area contributed by atoms with Gasteiger partial charge in [0.1, 0.15) is 5.69 Å². The van der Waals surface area contributed by atoms with Gasteiger partial charge < -0.3 is 5.73 Å². The zero-order chi connectivity index (χ0) is 12.8. The molecule has 0 radical (unpaired) electrons. The third-order valence-corrected chi connectivity index (χ3v) is 2.99. The topological polar surface area (TPSA) is 38.9 Å². The van der Waals surface area contributed by atoms with Crippen LogP contribution in [0.5, 0.6) is 0 Å². The van der Waals surface area contributed by atoms with E-state index in [1.807, 2.05) is 0 Å². The van der Waals surface area contributed by atoms with Crippen molar-refractivity contribution in [3.8, 4) is 0 Å². The SMILES string of the molecule is Nc1cc(C(F)(F)F)nc2c(Cl)c(Cl)ccc12. The van der Waals surface area contributed by atoms with Gasteiger partial charge in [0.05, 0.1) is 15.6 Å². The van der Waals surface area contributed by atoms with E-state index in [0.29, 0.717) is 5.39 Å². The quantitative estimate of drug-likeness (QED) is 0.788. The summed E-state index contributed by atoms with van der Waals surface area (Å²) in [6.07, 6.45) is -4.58. The molecule has 90 valence electrons. The number of benzene rings is 1. The van der Waals surface area contributed by atoms with Crippen LogP contribution in [0.3, 0.4) is 0 Å². The third-order valence-electron chi connectivity index (χ3n) is 2.19. The third kappa shape index (κ3) is 2.12. The van der Waals surface area contributed by atoms with Gasteiger partial charge in [-0.1, -0.05) is 23.2 Å². The fourth-order valence-corrected chi connectivity index (χ4v) is 1.76. The molecule has 0 aliphatic carbocycles. The average molecular weight is 281 g/mol. The summed E-state index contributed by atoms with van der Waals surface area (Å²) in [5, 5.41) is 0.430. The van der Waals surface area contributed by atoms with Crippen molar-refractivity contribution in [2.45, 2.75) is 6.18 Å². The number of hydrogen-bond acceptors (Lipinski definition) is 2. The Labute approximate surface area is 104 Å². The van der Waals surface area contributed by atoms with E-state index in [-0.39, 0.29) is 21.2 Å². The molecular weight excluding hydrogens is 276 g/mol. The number of rotatable bonds is 0. The van der Waals surface area contributed by atoms with Gasteiger partial charge in [0.2, 0.25) is 0 Å². The first kappa shape index (κ1) is 12.3. The van der Waals surface area contributed by atoms with E-state index >= 15 is 0 Å². The van der Waals surface area contributed by atoms with Gasteiger partial charge in [-0.05, 0) is 18.2 Å². The van der Waals surface area contributed by atoms with Gasteiger partial charge in [-0.2, -0.15) is 13.2 Å². The van der Waals surface area contributed by atoms with Crippen LogP contribution in [0.4, 0.5) is 18.9 Å². The minimum absolute atomic E-state index is 0.0398. The molecule has 0 saturated carbocycles.